The van der Waals surface area contributed by atoms with Crippen molar-refractivity contribution in [2.45, 2.75) is 6.04 Å². The molecule has 178 valence electrons. The Bertz CT molecular complexity index is 1080. The Kier molecular flexibility index (Phi) is 7.24. The van der Waals surface area contributed by atoms with Crippen molar-refractivity contribution in [2.75, 3.05) is 46.0 Å². The van der Waals surface area contributed by atoms with Crippen LogP contribution in [-0.4, -0.2) is 78.5 Å². The highest BCUT2D eigenvalue weighted by Gasteiger charge is 2.46. The second-order valence-electron chi connectivity index (χ2n) is 8.14. The van der Waals surface area contributed by atoms with Gasteiger partial charge in [0.05, 0.1) is 24.8 Å². The molecule has 2 saturated heterocycles. The summed E-state index contributed by atoms with van der Waals surface area (Å²) in [6, 6.07) is 14.6. The molecule has 0 bridgehead atoms. The number of amides is 2. The van der Waals surface area contributed by atoms with Crippen molar-refractivity contribution in [3.8, 4) is 5.75 Å². The molecule has 3 N–H and O–H groups in total. The maximum atomic E-state index is 13.1. The number of nitrogens with zero attached hydrogens (tertiary/aromatic N) is 2. The fourth-order valence-corrected chi connectivity index (χ4v) is 4.18. The summed E-state index contributed by atoms with van der Waals surface area (Å²) in [5.41, 5.74) is 6.28. The number of aliphatic hydroxyl groups excluding tert-OH is 1. The molecule has 9 nitrogen and oxygen atoms in total. The van der Waals surface area contributed by atoms with E-state index in [2.05, 4.69) is 4.90 Å². The van der Waals surface area contributed by atoms with Gasteiger partial charge in [0.1, 0.15) is 11.5 Å². The van der Waals surface area contributed by atoms with E-state index >= 15 is 0 Å². The fraction of sp³-hybridized carbons (Fsp3) is 0.320. The zero-order valence-corrected chi connectivity index (χ0v) is 18.7. The minimum Gasteiger partial charge on any atom is -0.507 e. The third kappa shape index (κ3) is 5.11. The Morgan fingerprint density at radius 2 is 1.71 bits per heavy atom. The molecule has 0 radical (unpaired) electrons. The summed E-state index contributed by atoms with van der Waals surface area (Å²) in [6.07, 6.45) is 0. The highest BCUT2D eigenvalue weighted by atomic mass is 16.5. The van der Waals surface area contributed by atoms with Crippen molar-refractivity contribution in [3.63, 3.8) is 0 Å². The Balaban J connectivity index is 1.68. The zero-order chi connectivity index (χ0) is 24.1. The molecule has 1 atom stereocenters. The van der Waals surface area contributed by atoms with Gasteiger partial charge in [-0.3, -0.25) is 19.3 Å². The molecule has 0 spiro atoms. The first-order chi connectivity index (χ1) is 16.5. The van der Waals surface area contributed by atoms with Gasteiger partial charge in [-0.05, 0) is 17.7 Å². The van der Waals surface area contributed by atoms with Crippen LogP contribution in [0.15, 0.2) is 60.2 Å². The van der Waals surface area contributed by atoms with Gasteiger partial charge >= 0.3 is 0 Å². The highest BCUT2D eigenvalue weighted by molar-refractivity contribution is 6.46. The van der Waals surface area contributed by atoms with Gasteiger partial charge < -0.3 is 25.2 Å². The van der Waals surface area contributed by atoms with E-state index in [0.717, 1.165) is 13.1 Å². The number of benzene rings is 2. The standard InChI is InChI=1S/C25H27N3O6/c26-20(29)16-34-19-8-6-17(7-9-19)22-21(23(30)18-4-2-1-3-5-18)24(31)25(32)28(22)11-10-27-12-14-33-15-13-27/h1-9,22,30H,10-16H2,(H2,26,29)/b23-21+. The van der Waals surface area contributed by atoms with Crippen LogP contribution in [-0.2, 0) is 19.1 Å². The third-order valence-corrected chi connectivity index (χ3v) is 5.92. The van der Waals surface area contributed by atoms with E-state index in [1.54, 1.807) is 54.6 Å². The van der Waals surface area contributed by atoms with Gasteiger partial charge in [0.15, 0.2) is 6.61 Å². The second-order valence-corrected chi connectivity index (χ2v) is 8.14. The fourth-order valence-electron chi connectivity index (χ4n) is 4.18. The summed E-state index contributed by atoms with van der Waals surface area (Å²) in [5.74, 6) is -1.75. The number of carbonyl (C=O) groups excluding carboxylic acids is 3. The van der Waals surface area contributed by atoms with Crippen molar-refractivity contribution in [3.05, 3.63) is 71.3 Å². The molecule has 4 rings (SSSR count). The lowest BCUT2D eigenvalue weighted by atomic mass is 9.95. The Hall–Kier alpha value is -3.69. The first-order valence-electron chi connectivity index (χ1n) is 11.1. The van der Waals surface area contributed by atoms with Crippen molar-refractivity contribution >= 4 is 23.4 Å². The number of ether oxygens (including phenoxy) is 2. The summed E-state index contributed by atoms with van der Waals surface area (Å²) in [6.45, 7) is 3.41. The highest BCUT2D eigenvalue weighted by Crippen LogP contribution is 2.39. The number of carbonyl (C=O) groups is 3. The summed E-state index contributed by atoms with van der Waals surface area (Å²) >= 11 is 0. The number of morpholine rings is 1. The van der Waals surface area contributed by atoms with Crippen LogP contribution in [0.3, 0.4) is 0 Å². The lowest BCUT2D eigenvalue weighted by Crippen LogP contribution is -2.42. The van der Waals surface area contributed by atoms with Crippen LogP contribution in [0.5, 0.6) is 5.75 Å². The first-order valence-corrected chi connectivity index (χ1v) is 11.1. The van der Waals surface area contributed by atoms with Crippen molar-refractivity contribution < 1.29 is 29.0 Å². The second kappa shape index (κ2) is 10.5. The van der Waals surface area contributed by atoms with Crippen LogP contribution in [0.1, 0.15) is 17.2 Å². The maximum Gasteiger partial charge on any atom is 0.295 e. The molecule has 0 aromatic heterocycles. The number of hydrogen-bond donors (Lipinski definition) is 2. The summed E-state index contributed by atoms with van der Waals surface area (Å²) in [5, 5.41) is 11.1. The smallest absolute Gasteiger partial charge is 0.295 e. The molecule has 2 aliphatic heterocycles. The quantitative estimate of drug-likeness (QED) is 0.342. The van der Waals surface area contributed by atoms with Crippen molar-refractivity contribution in [1.82, 2.24) is 9.80 Å². The van der Waals surface area contributed by atoms with E-state index in [-0.39, 0.29) is 17.9 Å². The minimum absolute atomic E-state index is 0.0454. The van der Waals surface area contributed by atoms with Crippen molar-refractivity contribution in [1.29, 1.82) is 0 Å². The number of nitrogens with two attached hydrogens (primary N) is 1. The van der Waals surface area contributed by atoms with Gasteiger partial charge in [-0.1, -0.05) is 42.5 Å². The average molecular weight is 466 g/mol. The molecule has 2 amide bonds. The molecule has 1 unspecified atom stereocenters. The van der Waals surface area contributed by atoms with Gasteiger partial charge in [-0.15, -0.1) is 0 Å². The van der Waals surface area contributed by atoms with Crippen LogP contribution in [0, 0.1) is 0 Å². The normalized spacial score (nSPS) is 20.5. The third-order valence-electron chi connectivity index (χ3n) is 5.92. The molecule has 34 heavy (non-hydrogen) atoms. The van der Waals surface area contributed by atoms with Gasteiger partial charge in [-0.25, -0.2) is 0 Å². The van der Waals surface area contributed by atoms with Crippen molar-refractivity contribution in [2.24, 2.45) is 5.73 Å². The first kappa shape index (κ1) is 23.5. The number of Topliss-reactive ketones (excluding diaryl/α,β-unsaturated/α-hetero) is 1. The summed E-state index contributed by atoms with van der Waals surface area (Å²) in [4.78, 5) is 40.8. The molecule has 2 aromatic carbocycles. The topological polar surface area (TPSA) is 122 Å². The number of primary amides is 1. The number of likely N-dealkylation sites (tertiary alicyclic amines) is 1. The van der Waals surface area contributed by atoms with Crippen LogP contribution in [0.2, 0.25) is 0 Å². The van der Waals surface area contributed by atoms with E-state index in [0.29, 0.717) is 43.2 Å². The van der Waals surface area contributed by atoms with E-state index in [4.69, 9.17) is 15.2 Å². The van der Waals surface area contributed by atoms with Gasteiger partial charge in [0.2, 0.25) is 0 Å². The van der Waals surface area contributed by atoms with Crippen LogP contribution < -0.4 is 10.5 Å². The van der Waals surface area contributed by atoms with Gasteiger partial charge in [0, 0.05) is 31.7 Å². The van der Waals surface area contributed by atoms with Crippen LogP contribution in [0.4, 0.5) is 0 Å². The predicted octanol–water partition coefficient (Wildman–Crippen LogP) is 1.30. The molecule has 0 saturated carbocycles. The van der Waals surface area contributed by atoms with Gasteiger partial charge in [0.25, 0.3) is 17.6 Å². The monoisotopic (exact) mass is 465 g/mol. The number of ketones is 1. The van der Waals surface area contributed by atoms with E-state index in [1.165, 1.54) is 4.90 Å². The summed E-state index contributed by atoms with van der Waals surface area (Å²) < 4.78 is 10.7. The maximum absolute atomic E-state index is 13.1. The lowest BCUT2D eigenvalue weighted by Gasteiger charge is -2.31. The van der Waals surface area contributed by atoms with E-state index in [9.17, 15) is 19.5 Å². The Morgan fingerprint density at radius 3 is 2.35 bits per heavy atom. The molecular formula is C25H27N3O6. The van der Waals surface area contributed by atoms with Gasteiger partial charge in [-0.2, -0.15) is 0 Å². The van der Waals surface area contributed by atoms with E-state index in [1.807, 2.05) is 0 Å². The SMILES string of the molecule is NC(=O)COc1ccc(C2/C(=C(\O)c3ccccc3)C(=O)C(=O)N2CCN2CCOCC2)cc1. The molecular weight excluding hydrogens is 438 g/mol. The van der Waals surface area contributed by atoms with Crippen LogP contribution in [0.25, 0.3) is 5.76 Å². The molecule has 9 heteroatoms. The molecule has 2 fully saturated rings. The number of aliphatic hydroxyl groups is 1. The number of hydrogen-bond acceptors (Lipinski definition) is 7. The molecule has 0 aliphatic carbocycles. The summed E-state index contributed by atoms with van der Waals surface area (Å²) in [7, 11) is 0. The molecule has 2 aromatic rings. The van der Waals surface area contributed by atoms with Crippen LogP contribution >= 0.6 is 0 Å². The molecule has 2 heterocycles. The van der Waals surface area contributed by atoms with E-state index < -0.39 is 23.6 Å². The Labute approximate surface area is 197 Å². The zero-order valence-electron chi connectivity index (χ0n) is 18.7. The number of rotatable bonds is 8. The Morgan fingerprint density at radius 1 is 1.03 bits per heavy atom. The molecule has 2 aliphatic rings. The minimum atomic E-state index is -0.758. The lowest BCUT2D eigenvalue weighted by molar-refractivity contribution is -0.140. The predicted molar refractivity (Wildman–Crippen MR) is 124 cm³/mol. The largest absolute Gasteiger partial charge is 0.507 e. The average Bonchev–Trinajstić information content (AvgIpc) is 3.12.